The van der Waals surface area contributed by atoms with Gasteiger partial charge in [-0.15, -0.1) is 4.67 Å². The lowest BCUT2D eigenvalue weighted by atomic mass is 9.82. The molecule has 0 amide bonds. The first-order chi connectivity index (χ1) is 31.4. The normalized spacial score (nSPS) is 23.0. The SMILES string of the molecule is CCCCCCCCCCCCCCCCCC(=O)OCC(COP(=O)(O)OOC1(O)C(O)C(O)C(O)C(O)C1O)OC(=O)CCC(CCCCCCCCCCCCCC)OP(=O)(O)O. The Balaban J connectivity index is 2.70. The highest BCUT2D eigenvalue weighted by atomic mass is 31.2. The van der Waals surface area contributed by atoms with Gasteiger partial charge in [0, 0.05) is 12.8 Å². The Morgan fingerprint density at radius 3 is 1.35 bits per heavy atom. The summed E-state index contributed by atoms with van der Waals surface area (Å²) in [6, 6.07) is 0. The molecule has 0 spiro atoms. The molecule has 0 aromatic heterocycles. The number of phosphoric ester groups is 2. The molecular weight excluding hydrogens is 906 g/mol. The highest BCUT2D eigenvalue weighted by Crippen LogP contribution is 2.46. The Morgan fingerprint density at radius 2 is 0.924 bits per heavy atom. The van der Waals surface area contributed by atoms with Gasteiger partial charge in [0.2, 0.25) is 0 Å². The summed E-state index contributed by atoms with van der Waals surface area (Å²) in [6.07, 6.45) is 15.7. The Hall–Kier alpha value is -1.12. The second kappa shape index (κ2) is 36.8. The summed E-state index contributed by atoms with van der Waals surface area (Å²) >= 11 is 0. The van der Waals surface area contributed by atoms with E-state index in [4.69, 9.17) is 18.5 Å². The predicted molar refractivity (Wildman–Crippen MR) is 245 cm³/mol. The van der Waals surface area contributed by atoms with Crippen LogP contribution in [0.4, 0.5) is 0 Å². The van der Waals surface area contributed by atoms with Gasteiger partial charge in [0.15, 0.2) is 6.10 Å². The van der Waals surface area contributed by atoms with Crippen LogP contribution in [0.25, 0.3) is 0 Å². The first-order valence-electron chi connectivity index (χ1n) is 24.9. The van der Waals surface area contributed by atoms with Crippen LogP contribution in [-0.2, 0) is 46.8 Å². The van der Waals surface area contributed by atoms with Gasteiger partial charge in [0.1, 0.15) is 37.1 Å². The van der Waals surface area contributed by atoms with Crippen molar-refractivity contribution in [1.82, 2.24) is 0 Å². The third-order valence-corrected chi connectivity index (χ3v) is 13.2. The second-order valence-electron chi connectivity index (χ2n) is 18.0. The first-order valence-corrected chi connectivity index (χ1v) is 28.0. The van der Waals surface area contributed by atoms with Crippen LogP contribution in [0.5, 0.6) is 0 Å². The van der Waals surface area contributed by atoms with Gasteiger partial charge in [-0.1, -0.05) is 181 Å². The molecule has 1 rings (SSSR count). The fraction of sp³-hybridized carbons (Fsp3) is 0.956. The maximum Gasteiger partial charge on any atom is 0.499 e. The molecule has 0 aromatic carbocycles. The van der Waals surface area contributed by atoms with Crippen molar-refractivity contribution in [2.75, 3.05) is 13.2 Å². The van der Waals surface area contributed by atoms with Gasteiger partial charge in [-0.25, -0.2) is 9.13 Å². The zero-order valence-corrected chi connectivity index (χ0v) is 41.7. The van der Waals surface area contributed by atoms with Gasteiger partial charge >= 0.3 is 27.6 Å². The maximum absolute atomic E-state index is 13.0. The van der Waals surface area contributed by atoms with Crippen molar-refractivity contribution in [2.45, 2.75) is 261 Å². The molecule has 1 aliphatic carbocycles. The molecule has 0 bridgehead atoms. The third-order valence-electron chi connectivity index (χ3n) is 11.9. The minimum absolute atomic E-state index is 0.0470. The molecule has 7 atom stereocenters. The van der Waals surface area contributed by atoms with Gasteiger partial charge in [0.25, 0.3) is 5.79 Å². The molecule has 1 aliphatic rings. The van der Waals surface area contributed by atoms with Gasteiger partial charge in [-0.3, -0.25) is 18.6 Å². The number of rotatable bonds is 43. The summed E-state index contributed by atoms with van der Waals surface area (Å²) in [5.74, 6) is -5.03. The molecule has 0 aromatic rings. The summed E-state index contributed by atoms with van der Waals surface area (Å²) in [7, 11) is -10.4. The van der Waals surface area contributed by atoms with Crippen molar-refractivity contribution in [1.29, 1.82) is 0 Å². The number of aliphatic hydroxyl groups excluding tert-OH is 5. The molecule has 1 saturated carbocycles. The minimum Gasteiger partial charge on any atom is -0.462 e. The number of ether oxygens (including phenoxy) is 2. The molecule has 0 heterocycles. The van der Waals surface area contributed by atoms with Crippen LogP contribution in [0.1, 0.15) is 213 Å². The van der Waals surface area contributed by atoms with Gasteiger partial charge in [0.05, 0.1) is 12.7 Å². The van der Waals surface area contributed by atoms with Crippen LogP contribution >= 0.6 is 15.6 Å². The van der Waals surface area contributed by atoms with Crippen molar-refractivity contribution >= 4 is 27.6 Å². The molecule has 0 saturated heterocycles. The largest absolute Gasteiger partial charge is 0.499 e. The van der Waals surface area contributed by atoms with Crippen LogP contribution in [0.3, 0.4) is 0 Å². The minimum atomic E-state index is -5.46. The van der Waals surface area contributed by atoms with Crippen molar-refractivity contribution in [3.63, 3.8) is 0 Å². The number of hydrogen-bond donors (Lipinski definition) is 9. The molecule has 7 unspecified atom stereocenters. The summed E-state index contributed by atoms with van der Waals surface area (Å²) in [4.78, 5) is 59.3. The van der Waals surface area contributed by atoms with Crippen LogP contribution in [-0.4, -0.2) is 119 Å². The van der Waals surface area contributed by atoms with E-state index in [1.807, 2.05) is 0 Å². The molecule has 66 heavy (non-hydrogen) atoms. The van der Waals surface area contributed by atoms with E-state index in [1.165, 1.54) is 109 Å². The molecule has 1 fully saturated rings. The van der Waals surface area contributed by atoms with Crippen molar-refractivity contribution in [2.24, 2.45) is 0 Å². The van der Waals surface area contributed by atoms with E-state index < -0.39 is 95.7 Å². The quantitative estimate of drug-likeness (QED) is 0.00708. The first kappa shape index (κ1) is 62.9. The standard InChI is InChI=1S/C45H88O19P2/c1-3-5-7-9-11-13-15-17-18-19-21-23-25-27-29-31-38(46)59-34-37(35-60-66(57,58)64-63-45(53)43(51)41(49)40(48)42(50)44(45)52)61-39(47)33-32-36(62-65(54,55)56)30-28-26-24-22-20-16-14-12-10-8-6-4-2/h36-37,40-44,48-53H,3-35H2,1-2H3,(H,57,58)(H2,54,55,56). The highest BCUT2D eigenvalue weighted by Gasteiger charge is 2.60. The lowest BCUT2D eigenvalue weighted by Crippen LogP contribution is -2.71. The van der Waals surface area contributed by atoms with E-state index in [1.54, 1.807) is 0 Å². The number of phosphoric acid groups is 2. The predicted octanol–water partition coefficient (Wildman–Crippen LogP) is 7.62. The van der Waals surface area contributed by atoms with Gasteiger partial charge in [-0.05, 0) is 19.3 Å². The van der Waals surface area contributed by atoms with Crippen LogP contribution < -0.4 is 0 Å². The maximum atomic E-state index is 13.0. The third kappa shape index (κ3) is 29.8. The molecule has 0 aliphatic heterocycles. The molecule has 9 N–H and O–H groups in total. The lowest BCUT2D eigenvalue weighted by Gasteiger charge is -2.45. The van der Waals surface area contributed by atoms with Crippen LogP contribution in [0.2, 0.25) is 0 Å². The average molecular weight is 995 g/mol. The smallest absolute Gasteiger partial charge is 0.462 e. The molecule has 0 radical (unpaired) electrons. The van der Waals surface area contributed by atoms with Crippen molar-refractivity contribution in [3.8, 4) is 0 Å². The number of carbonyl (C=O) groups excluding carboxylic acids is 2. The zero-order valence-electron chi connectivity index (χ0n) is 39.9. The lowest BCUT2D eigenvalue weighted by molar-refractivity contribution is -0.450. The number of carbonyl (C=O) groups is 2. The number of unbranched alkanes of at least 4 members (excludes halogenated alkanes) is 25. The van der Waals surface area contributed by atoms with Crippen molar-refractivity contribution < 1.29 is 92.1 Å². The van der Waals surface area contributed by atoms with Gasteiger partial charge < -0.3 is 54.8 Å². The highest BCUT2D eigenvalue weighted by molar-refractivity contribution is 7.47. The summed E-state index contributed by atoms with van der Waals surface area (Å²) < 4.78 is 49.2. The second-order valence-corrected chi connectivity index (χ2v) is 20.5. The Kier molecular flexibility index (Phi) is 35.0. The fourth-order valence-electron chi connectivity index (χ4n) is 7.84. The summed E-state index contributed by atoms with van der Waals surface area (Å²) in [6.45, 7) is 2.78. The topological polar surface area (TPSA) is 306 Å². The monoisotopic (exact) mass is 995 g/mol. The Morgan fingerprint density at radius 1 is 0.515 bits per heavy atom. The van der Waals surface area contributed by atoms with E-state index in [2.05, 4.69) is 23.4 Å². The van der Waals surface area contributed by atoms with E-state index in [0.29, 0.717) is 12.8 Å². The molecule has 19 nitrogen and oxygen atoms in total. The van der Waals surface area contributed by atoms with E-state index in [9.17, 15) is 64.0 Å². The molecule has 392 valence electrons. The number of esters is 2. The van der Waals surface area contributed by atoms with Crippen LogP contribution in [0.15, 0.2) is 0 Å². The Labute approximate surface area is 393 Å². The number of hydrogen-bond acceptors (Lipinski definition) is 16. The van der Waals surface area contributed by atoms with Crippen molar-refractivity contribution in [3.05, 3.63) is 0 Å². The van der Waals surface area contributed by atoms with Gasteiger partial charge in [-0.2, -0.15) is 4.89 Å². The Bertz CT molecular complexity index is 1320. The molecule has 21 heteroatoms. The fourth-order valence-corrected chi connectivity index (χ4v) is 9.05. The zero-order chi connectivity index (χ0) is 49.3. The van der Waals surface area contributed by atoms with E-state index in [0.717, 1.165) is 51.4 Å². The summed E-state index contributed by atoms with van der Waals surface area (Å²) in [5.41, 5.74) is 0. The number of aliphatic hydroxyl groups is 6. The van der Waals surface area contributed by atoms with E-state index in [-0.39, 0.29) is 19.3 Å². The van der Waals surface area contributed by atoms with E-state index >= 15 is 0 Å². The summed E-state index contributed by atoms with van der Waals surface area (Å²) in [5, 5.41) is 60.4. The average Bonchev–Trinajstić information content (AvgIpc) is 3.27. The molecular formula is C45H88O19P2. The van der Waals surface area contributed by atoms with Crippen LogP contribution in [0, 0.1) is 0 Å².